The number of hydrogen-bond donors (Lipinski definition) is 1. The summed E-state index contributed by atoms with van der Waals surface area (Å²) >= 11 is 5.81. The highest BCUT2D eigenvalue weighted by Gasteiger charge is 2.19. The van der Waals surface area contributed by atoms with Crippen molar-refractivity contribution in [3.05, 3.63) is 74.6 Å². The molecule has 9 nitrogen and oxygen atoms in total. The van der Waals surface area contributed by atoms with Gasteiger partial charge in [0, 0.05) is 22.7 Å². The predicted molar refractivity (Wildman–Crippen MR) is 104 cm³/mol. The molecule has 2 aromatic carbocycles. The molecule has 150 valence electrons. The van der Waals surface area contributed by atoms with Crippen LogP contribution in [0.3, 0.4) is 0 Å². The van der Waals surface area contributed by atoms with E-state index >= 15 is 0 Å². The van der Waals surface area contributed by atoms with Gasteiger partial charge in [0.25, 0.3) is 5.91 Å². The van der Waals surface area contributed by atoms with Gasteiger partial charge in [-0.3, -0.25) is 14.9 Å². The lowest BCUT2D eigenvalue weighted by atomic mass is 10.2. The van der Waals surface area contributed by atoms with Crippen molar-refractivity contribution in [1.82, 2.24) is 10.5 Å². The Bertz CT molecular complexity index is 1070. The largest absolute Gasteiger partial charge is 0.493 e. The third-order valence-electron chi connectivity index (χ3n) is 3.86. The maximum Gasteiger partial charge on any atom is 0.313 e. The summed E-state index contributed by atoms with van der Waals surface area (Å²) in [4.78, 5) is 23.0. The molecule has 3 rings (SSSR count). The van der Waals surface area contributed by atoms with Gasteiger partial charge < -0.3 is 19.3 Å². The van der Waals surface area contributed by atoms with E-state index in [1.54, 1.807) is 13.0 Å². The lowest BCUT2D eigenvalue weighted by Gasteiger charge is -2.12. The lowest BCUT2D eigenvalue weighted by molar-refractivity contribution is -0.385. The standard InChI is InChI=1S/C19H16ClN3O6/c1-11-7-14(29-22-11)10-21-19(24)12-3-5-17(18(8-12)27-2)28-16-6-4-13(20)9-15(16)23(25)26/h3-9H,10H2,1-2H3,(H,21,24). The van der Waals surface area contributed by atoms with Crippen LogP contribution in [0.25, 0.3) is 0 Å². The zero-order valence-corrected chi connectivity index (χ0v) is 16.2. The van der Waals surface area contributed by atoms with Crippen molar-refractivity contribution >= 4 is 23.2 Å². The third-order valence-corrected chi connectivity index (χ3v) is 4.10. The van der Waals surface area contributed by atoms with E-state index < -0.39 is 4.92 Å². The molecule has 0 bridgehead atoms. The van der Waals surface area contributed by atoms with Gasteiger partial charge in [0.1, 0.15) is 0 Å². The van der Waals surface area contributed by atoms with E-state index in [0.717, 1.165) is 0 Å². The Morgan fingerprint density at radius 1 is 1.21 bits per heavy atom. The Kier molecular flexibility index (Phi) is 5.99. The van der Waals surface area contributed by atoms with E-state index in [-0.39, 0.29) is 40.4 Å². The summed E-state index contributed by atoms with van der Waals surface area (Å²) in [7, 11) is 1.40. The van der Waals surface area contributed by atoms with Gasteiger partial charge in [0.05, 0.1) is 24.3 Å². The minimum Gasteiger partial charge on any atom is -0.493 e. The second-order valence-corrected chi connectivity index (χ2v) is 6.39. The summed E-state index contributed by atoms with van der Waals surface area (Å²) in [6.07, 6.45) is 0. The first-order valence-corrected chi connectivity index (χ1v) is 8.75. The number of benzene rings is 2. The molecule has 10 heteroatoms. The number of ether oxygens (including phenoxy) is 2. The van der Waals surface area contributed by atoms with E-state index in [1.165, 1.54) is 43.5 Å². The summed E-state index contributed by atoms with van der Waals surface area (Å²) in [6, 6.07) is 10.2. The number of rotatable bonds is 7. The highest BCUT2D eigenvalue weighted by molar-refractivity contribution is 6.30. The number of aromatic nitrogens is 1. The van der Waals surface area contributed by atoms with Gasteiger partial charge in [-0.15, -0.1) is 0 Å². The molecule has 1 heterocycles. The number of carbonyl (C=O) groups excluding carboxylic acids is 1. The first kappa shape index (κ1) is 20.2. The molecule has 0 aliphatic rings. The van der Waals surface area contributed by atoms with Crippen molar-refractivity contribution in [2.24, 2.45) is 0 Å². The second-order valence-electron chi connectivity index (χ2n) is 5.95. The number of halogens is 1. The number of amides is 1. The van der Waals surface area contributed by atoms with Crippen molar-refractivity contribution in [1.29, 1.82) is 0 Å². The van der Waals surface area contributed by atoms with Gasteiger partial charge in [0.2, 0.25) is 5.75 Å². The molecule has 1 N–H and O–H groups in total. The van der Waals surface area contributed by atoms with Crippen LogP contribution in [0.4, 0.5) is 5.69 Å². The van der Waals surface area contributed by atoms with E-state index in [4.69, 9.17) is 25.6 Å². The highest BCUT2D eigenvalue weighted by atomic mass is 35.5. The fourth-order valence-corrected chi connectivity index (χ4v) is 2.67. The Balaban J connectivity index is 1.78. The molecule has 0 saturated carbocycles. The number of hydrogen-bond acceptors (Lipinski definition) is 7. The lowest BCUT2D eigenvalue weighted by Crippen LogP contribution is -2.22. The van der Waals surface area contributed by atoms with Crippen LogP contribution in [-0.2, 0) is 6.54 Å². The van der Waals surface area contributed by atoms with Crippen molar-refractivity contribution in [2.45, 2.75) is 13.5 Å². The molecule has 0 aliphatic heterocycles. The smallest absolute Gasteiger partial charge is 0.313 e. The summed E-state index contributed by atoms with van der Waals surface area (Å²) < 4.78 is 15.9. The topological polar surface area (TPSA) is 117 Å². The number of nitro groups is 1. The van der Waals surface area contributed by atoms with Gasteiger partial charge in [-0.1, -0.05) is 16.8 Å². The molecule has 0 unspecified atom stereocenters. The van der Waals surface area contributed by atoms with Gasteiger partial charge in [0.15, 0.2) is 17.3 Å². The summed E-state index contributed by atoms with van der Waals surface area (Å²) in [5.74, 6) is 0.604. The van der Waals surface area contributed by atoms with Crippen molar-refractivity contribution < 1.29 is 23.7 Å². The fraction of sp³-hybridized carbons (Fsp3) is 0.158. The van der Waals surface area contributed by atoms with E-state index in [2.05, 4.69) is 10.5 Å². The first-order chi connectivity index (χ1) is 13.9. The van der Waals surface area contributed by atoms with Crippen LogP contribution < -0.4 is 14.8 Å². The average Bonchev–Trinajstić information content (AvgIpc) is 3.12. The van der Waals surface area contributed by atoms with E-state index in [1.807, 2.05) is 0 Å². The van der Waals surface area contributed by atoms with Crippen molar-refractivity contribution in [3.63, 3.8) is 0 Å². The Morgan fingerprint density at radius 2 is 1.97 bits per heavy atom. The van der Waals surface area contributed by atoms with Gasteiger partial charge in [-0.05, 0) is 37.3 Å². The van der Waals surface area contributed by atoms with Gasteiger partial charge >= 0.3 is 5.69 Å². The first-order valence-electron chi connectivity index (χ1n) is 8.37. The Hall–Kier alpha value is -3.59. The van der Waals surface area contributed by atoms with Crippen LogP contribution in [0, 0.1) is 17.0 Å². The third kappa shape index (κ3) is 4.82. The number of aryl methyl sites for hydroxylation is 1. The van der Waals surface area contributed by atoms with Crippen LogP contribution >= 0.6 is 11.6 Å². The van der Waals surface area contributed by atoms with Crippen LogP contribution in [0.1, 0.15) is 21.8 Å². The molecule has 1 amide bonds. The van der Waals surface area contributed by atoms with Crippen molar-refractivity contribution in [3.8, 4) is 17.2 Å². The molecular weight excluding hydrogens is 402 g/mol. The van der Waals surface area contributed by atoms with Crippen molar-refractivity contribution in [2.75, 3.05) is 7.11 Å². The van der Waals surface area contributed by atoms with Crippen LogP contribution in [-0.4, -0.2) is 23.1 Å². The summed E-state index contributed by atoms with van der Waals surface area (Å²) in [6.45, 7) is 1.96. The number of nitrogens with zero attached hydrogens (tertiary/aromatic N) is 2. The normalized spacial score (nSPS) is 10.4. The Morgan fingerprint density at radius 3 is 2.62 bits per heavy atom. The molecule has 0 spiro atoms. The Labute approximate surface area is 170 Å². The zero-order valence-electron chi connectivity index (χ0n) is 15.5. The van der Waals surface area contributed by atoms with Crippen LogP contribution in [0.5, 0.6) is 17.2 Å². The number of nitrogens with one attached hydrogen (secondary N) is 1. The summed E-state index contributed by atoms with van der Waals surface area (Å²) in [5.41, 5.74) is 0.744. The highest BCUT2D eigenvalue weighted by Crippen LogP contribution is 2.37. The average molecular weight is 418 g/mol. The molecule has 3 aromatic rings. The molecule has 0 radical (unpaired) electrons. The van der Waals surface area contributed by atoms with Gasteiger partial charge in [-0.25, -0.2) is 0 Å². The maximum atomic E-state index is 12.4. The van der Waals surface area contributed by atoms with E-state index in [9.17, 15) is 14.9 Å². The zero-order chi connectivity index (χ0) is 21.0. The number of nitro benzene ring substituents is 1. The second kappa shape index (κ2) is 8.61. The summed E-state index contributed by atoms with van der Waals surface area (Å²) in [5, 5.41) is 17.9. The van der Waals surface area contributed by atoms with Crippen LogP contribution in [0.15, 0.2) is 47.0 Å². The molecule has 29 heavy (non-hydrogen) atoms. The SMILES string of the molecule is COc1cc(C(=O)NCc2cc(C)no2)ccc1Oc1ccc(Cl)cc1[N+](=O)[O-]. The van der Waals surface area contributed by atoms with Gasteiger partial charge in [-0.2, -0.15) is 0 Å². The van der Waals surface area contributed by atoms with E-state index in [0.29, 0.717) is 17.0 Å². The van der Waals surface area contributed by atoms with Crippen LogP contribution in [0.2, 0.25) is 5.02 Å². The minimum atomic E-state index is -0.597. The maximum absolute atomic E-state index is 12.4. The minimum absolute atomic E-state index is 0.00408. The number of methoxy groups -OCH3 is 1. The molecule has 0 fully saturated rings. The molecule has 1 aromatic heterocycles. The monoisotopic (exact) mass is 417 g/mol. The predicted octanol–water partition coefficient (Wildman–Crippen LogP) is 4.28. The quantitative estimate of drug-likeness (QED) is 0.450. The molecule has 0 atom stereocenters. The molecule has 0 aliphatic carbocycles. The number of carbonyl (C=O) groups is 1. The molecule has 0 saturated heterocycles. The molecular formula is C19H16ClN3O6. The fourth-order valence-electron chi connectivity index (χ4n) is 2.50.